The number of fused-ring (bicyclic) bond motifs is 2. The summed E-state index contributed by atoms with van der Waals surface area (Å²) in [6.45, 7) is 2.17. The predicted molar refractivity (Wildman–Crippen MR) is 75.5 cm³/mol. The van der Waals surface area contributed by atoms with Crippen LogP contribution in [0.15, 0.2) is 11.6 Å². The first-order valence-electron chi connectivity index (χ1n) is 6.39. The van der Waals surface area contributed by atoms with E-state index in [0.29, 0.717) is 5.04 Å². The first-order chi connectivity index (χ1) is 8.35. The van der Waals surface area contributed by atoms with E-state index in [4.69, 9.17) is 16.5 Å². The topological polar surface area (TPSA) is 36.9 Å². The minimum absolute atomic E-state index is 0.311. The molecule has 2 saturated carbocycles. The van der Waals surface area contributed by atoms with Crippen molar-refractivity contribution in [2.45, 2.75) is 37.6 Å². The smallest absolute Gasteiger partial charge is 0.313 e. The van der Waals surface area contributed by atoms with Crippen LogP contribution in [0.2, 0.25) is 5.04 Å². The Kier molecular flexibility index (Phi) is 3.82. The summed E-state index contributed by atoms with van der Waals surface area (Å²) in [6.07, 6.45) is 7.56. The van der Waals surface area contributed by atoms with Gasteiger partial charge in [-0.05, 0) is 38.5 Å². The number of allylic oxidation sites excluding steroid dienone is 2. The van der Waals surface area contributed by atoms with Crippen LogP contribution >= 0.6 is 0 Å². The van der Waals surface area contributed by atoms with Crippen LogP contribution in [-0.2, 0) is 16.5 Å². The third-order valence-corrected chi connectivity index (χ3v) is 12.3. The Bertz CT molecular complexity index is 318. The number of rotatable bonds is 1. The molecule has 0 aromatic rings. The highest BCUT2D eigenvalue weighted by molar-refractivity contribution is 6.63. The summed E-state index contributed by atoms with van der Waals surface area (Å²) in [5.74, 6) is 0.894. The van der Waals surface area contributed by atoms with E-state index in [9.17, 15) is 0 Å². The molecule has 2 atom stereocenters. The largest absolute Gasteiger partial charge is 0.425 e. The van der Waals surface area contributed by atoms with Gasteiger partial charge in [0.1, 0.15) is 0 Å². The van der Waals surface area contributed by atoms with Gasteiger partial charge in [-0.2, -0.15) is 0 Å². The highest BCUT2D eigenvalue weighted by atomic mass is 28.4. The van der Waals surface area contributed by atoms with Gasteiger partial charge in [0.25, 0.3) is 30.0 Å². The fourth-order valence-electron chi connectivity index (χ4n) is 3.65. The molecule has 0 radical (unpaired) electrons. The van der Waals surface area contributed by atoms with E-state index in [1.165, 1.54) is 25.7 Å². The van der Waals surface area contributed by atoms with Crippen LogP contribution in [0, 0.1) is 5.92 Å². The van der Waals surface area contributed by atoms with E-state index in [1.807, 2.05) is 0 Å². The summed E-state index contributed by atoms with van der Waals surface area (Å²) >= 11 is 0. The lowest BCUT2D eigenvalue weighted by atomic mass is 9.94. The zero-order valence-electron chi connectivity index (χ0n) is 10.3. The Morgan fingerprint density at radius 2 is 2.06 bits per heavy atom. The average molecular weight is 305 g/mol. The molecule has 0 aromatic carbocycles. The van der Waals surface area contributed by atoms with E-state index < -0.39 is 39.3 Å². The van der Waals surface area contributed by atoms with Crippen molar-refractivity contribution in [1.82, 2.24) is 0 Å². The van der Waals surface area contributed by atoms with Crippen molar-refractivity contribution in [3.63, 3.8) is 0 Å². The Labute approximate surface area is 111 Å². The molecule has 3 aliphatic rings. The van der Waals surface area contributed by atoms with E-state index >= 15 is 0 Å². The molecule has 8 heteroatoms. The van der Waals surface area contributed by atoms with Gasteiger partial charge in [-0.1, -0.05) is 11.6 Å². The molecule has 2 aliphatic carbocycles. The van der Waals surface area contributed by atoms with Crippen molar-refractivity contribution in [3.05, 3.63) is 11.6 Å². The third kappa shape index (κ3) is 2.21. The number of hydrogen-bond acceptors (Lipinski definition) is 4. The molecule has 0 spiro atoms. The lowest BCUT2D eigenvalue weighted by Crippen LogP contribution is -2.42. The van der Waals surface area contributed by atoms with Crippen molar-refractivity contribution < 1.29 is 16.5 Å². The fraction of sp³-hybridized carbons (Fsp3) is 0.778. The van der Waals surface area contributed by atoms with Crippen LogP contribution in [-0.4, -0.2) is 39.3 Å². The molecule has 3 rings (SSSR count). The Morgan fingerprint density at radius 3 is 2.71 bits per heavy atom. The highest BCUT2D eigenvalue weighted by Gasteiger charge is 2.55. The van der Waals surface area contributed by atoms with Crippen LogP contribution in [0.3, 0.4) is 0 Å². The monoisotopic (exact) mass is 304 g/mol. The highest BCUT2D eigenvalue weighted by Crippen LogP contribution is 2.64. The van der Waals surface area contributed by atoms with Crippen molar-refractivity contribution in [2.24, 2.45) is 5.92 Å². The molecule has 1 saturated heterocycles. The molecule has 0 N–H and O–H groups in total. The van der Waals surface area contributed by atoms with Gasteiger partial charge in [-0.15, -0.1) is 0 Å². The summed E-state index contributed by atoms with van der Waals surface area (Å²) in [5.41, 5.74) is 1.62. The normalized spacial score (nSPS) is 49.1. The van der Waals surface area contributed by atoms with Gasteiger partial charge in [-0.3, -0.25) is 0 Å². The fourth-order valence-corrected chi connectivity index (χ4v) is 14.5. The van der Waals surface area contributed by atoms with Gasteiger partial charge in [-0.25, -0.2) is 0 Å². The quantitative estimate of drug-likeness (QED) is 0.468. The SMILES string of the molecule is CC=C1CC2CCC1([SiH]1O[SiH2]O[SiH2]O[SiH2]O1)C2. The third-order valence-electron chi connectivity index (χ3n) is 4.37. The van der Waals surface area contributed by atoms with Crippen LogP contribution in [0.4, 0.5) is 0 Å². The lowest BCUT2D eigenvalue weighted by Gasteiger charge is -2.36. The minimum atomic E-state index is -1.59. The zero-order chi connectivity index (χ0) is 11.7. The van der Waals surface area contributed by atoms with Gasteiger partial charge in [0.05, 0.1) is 0 Å². The first-order valence-corrected chi connectivity index (χ1v) is 11.4. The van der Waals surface area contributed by atoms with Gasteiger partial charge < -0.3 is 16.5 Å². The summed E-state index contributed by atoms with van der Waals surface area (Å²) in [7, 11) is -3.98. The minimum Gasteiger partial charge on any atom is -0.425 e. The standard InChI is InChI=1S/C9H20O4Si4/c1-2-8-5-7-3-4-9(8,6-7)17-12-15-10-14-11-16-13-17/h2,7,17H,3-6,14-16H2,1H3. The summed E-state index contributed by atoms with van der Waals surface area (Å²) in [4.78, 5) is 0. The van der Waals surface area contributed by atoms with Crippen LogP contribution in [0.5, 0.6) is 0 Å². The van der Waals surface area contributed by atoms with E-state index in [0.717, 1.165) is 5.92 Å². The average Bonchev–Trinajstić information content (AvgIpc) is 2.86. The number of hydrogen-bond donors (Lipinski definition) is 0. The summed E-state index contributed by atoms with van der Waals surface area (Å²) in [6, 6.07) is 0. The molecular formula is C9H20O4Si4. The van der Waals surface area contributed by atoms with Crippen LogP contribution < -0.4 is 0 Å². The molecule has 0 amide bonds. The summed E-state index contributed by atoms with van der Waals surface area (Å²) < 4.78 is 23.3. The van der Waals surface area contributed by atoms with Gasteiger partial charge in [0.2, 0.25) is 0 Å². The second kappa shape index (κ2) is 5.21. The molecular weight excluding hydrogens is 284 g/mol. The van der Waals surface area contributed by atoms with Gasteiger partial charge >= 0.3 is 9.28 Å². The van der Waals surface area contributed by atoms with Crippen molar-refractivity contribution in [2.75, 3.05) is 0 Å². The Balaban J connectivity index is 1.80. The van der Waals surface area contributed by atoms with Gasteiger partial charge in [0, 0.05) is 5.04 Å². The van der Waals surface area contributed by atoms with Crippen molar-refractivity contribution in [3.8, 4) is 0 Å². The zero-order valence-corrected chi connectivity index (χ0v) is 15.7. The molecule has 17 heavy (non-hydrogen) atoms. The maximum atomic E-state index is 6.10. The van der Waals surface area contributed by atoms with Gasteiger partial charge in [0.15, 0.2) is 0 Å². The maximum Gasteiger partial charge on any atom is 0.313 e. The molecule has 2 bridgehead atoms. The molecule has 1 heterocycles. The lowest BCUT2D eigenvalue weighted by molar-refractivity contribution is 0.305. The Hall–Kier alpha value is 0.448. The van der Waals surface area contributed by atoms with Crippen molar-refractivity contribution in [1.29, 1.82) is 0 Å². The molecule has 2 unspecified atom stereocenters. The molecule has 1 aliphatic heterocycles. The van der Waals surface area contributed by atoms with Crippen LogP contribution in [0.25, 0.3) is 0 Å². The second-order valence-electron chi connectivity index (χ2n) is 5.21. The predicted octanol–water partition coefficient (Wildman–Crippen LogP) is -0.826. The van der Waals surface area contributed by atoms with E-state index in [-0.39, 0.29) is 0 Å². The van der Waals surface area contributed by atoms with Crippen LogP contribution in [0.1, 0.15) is 32.6 Å². The van der Waals surface area contributed by atoms with Crippen molar-refractivity contribution >= 4 is 39.3 Å². The second-order valence-corrected chi connectivity index (χ2v) is 13.6. The first kappa shape index (κ1) is 12.5. The molecule has 0 aromatic heterocycles. The maximum absolute atomic E-state index is 6.10. The van der Waals surface area contributed by atoms with E-state index in [1.54, 1.807) is 5.57 Å². The van der Waals surface area contributed by atoms with E-state index in [2.05, 4.69) is 13.0 Å². The molecule has 4 nitrogen and oxygen atoms in total. The Morgan fingerprint density at radius 1 is 1.29 bits per heavy atom. The molecule has 96 valence electrons. The summed E-state index contributed by atoms with van der Waals surface area (Å²) in [5, 5.41) is 0.311. The molecule has 3 fully saturated rings.